The average Bonchev–Trinajstić information content (AvgIpc) is 2.65. The fourth-order valence-electron chi connectivity index (χ4n) is 2.45. The summed E-state index contributed by atoms with van der Waals surface area (Å²) in [5.41, 5.74) is 1.59. The van der Waals surface area contributed by atoms with Gasteiger partial charge >= 0.3 is 0 Å². The number of ether oxygens (including phenoxy) is 3. The minimum atomic E-state index is -0.387. The Balaban J connectivity index is 1.98. The topological polar surface area (TPSA) is 39.7 Å². The molecule has 0 atom stereocenters. The number of hydrogen-bond donors (Lipinski definition) is 1. The van der Waals surface area contributed by atoms with Crippen LogP contribution in [0.25, 0.3) is 0 Å². The van der Waals surface area contributed by atoms with Gasteiger partial charge < -0.3 is 19.5 Å². The first-order valence-corrected chi connectivity index (χ1v) is 9.52. The number of methoxy groups -OCH3 is 1. The highest BCUT2D eigenvalue weighted by atomic mass is 35.5. The van der Waals surface area contributed by atoms with Crippen LogP contribution in [0, 0.1) is 5.82 Å². The molecule has 0 bridgehead atoms. The minimum Gasteiger partial charge on any atom is -0.493 e. The highest BCUT2D eigenvalue weighted by Gasteiger charge is 2.12. The van der Waals surface area contributed by atoms with Crippen molar-refractivity contribution < 1.29 is 18.6 Å². The van der Waals surface area contributed by atoms with Crippen molar-refractivity contribution in [2.45, 2.75) is 26.5 Å². The van der Waals surface area contributed by atoms with Crippen molar-refractivity contribution in [3.63, 3.8) is 0 Å². The average molecular weight is 416 g/mol. The molecule has 4 nitrogen and oxygen atoms in total. The van der Waals surface area contributed by atoms with E-state index in [1.807, 2.05) is 13.0 Å². The molecule has 0 fully saturated rings. The van der Waals surface area contributed by atoms with Crippen LogP contribution in [0.1, 0.15) is 24.5 Å². The predicted octanol–water partition coefficient (Wildman–Crippen LogP) is 5.24. The van der Waals surface area contributed by atoms with Crippen LogP contribution in [0.2, 0.25) is 10.0 Å². The molecule has 2 aromatic rings. The number of rotatable bonds is 11. The van der Waals surface area contributed by atoms with Crippen LogP contribution in [-0.4, -0.2) is 26.9 Å². The Morgan fingerprint density at radius 1 is 1.04 bits per heavy atom. The standard InChI is InChI=1S/C20H24Cl2FNO3/c1-3-26-8-4-7-24-12-15-9-19(25-2)20(11-18(15)22)27-13-14-5-6-16(23)10-17(14)21/h5-6,9-11,24H,3-4,7-8,12-13H2,1-2H3. The van der Waals surface area contributed by atoms with Gasteiger partial charge in [-0.25, -0.2) is 4.39 Å². The lowest BCUT2D eigenvalue weighted by atomic mass is 10.2. The molecule has 0 heterocycles. The largest absolute Gasteiger partial charge is 0.493 e. The van der Waals surface area contributed by atoms with Gasteiger partial charge in [0.25, 0.3) is 0 Å². The smallest absolute Gasteiger partial charge is 0.163 e. The summed E-state index contributed by atoms with van der Waals surface area (Å²) in [4.78, 5) is 0. The van der Waals surface area contributed by atoms with Crippen LogP contribution in [0.4, 0.5) is 4.39 Å². The van der Waals surface area contributed by atoms with E-state index < -0.39 is 0 Å². The normalized spacial score (nSPS) is 10.9. The number of halogens is 3. The quantitative estimate of drug-likeness (QED) is 0.509. The molecule has 0 spiro atoms. The van der Waals surface area contributed by atoms with Crippen molar-refractivity contribution >= 4 is 23.2 Å². The van der Waals surface area contributed by atoms with Gasteiger partial charge in [-0.15, -0.1) is 0 Å². The van der Waals surface area contributed by atoms with Gasteiger partial charge in [0, 0.05) is 36.4 Å². The summed E-state index contributed by atoms with van der Waals surface area (Å²) in [5.74, 6) is 0.689. The molecule has 0 amide bonds. The zero-order valence-electron chi connectivity index (χ0n) is 15.5. The van der Waals surface area contributed by atoms with Crippen LogP contribution in [0.3, 0.4) is 0 Å². The Labute approximate surface area is 169 Å². The predicted molar refractivity (Wildman–Crippen MR) is 107 cm³/mol. The lowest BCUT2D eigenvalue weighted by Gasteiger charge is -2.15. The van der Waals surface area contributed by atoms with Gasteiger partial charge in [-0.05, 0) is 43.7 Å². The Bertz CT molecular complexity index is 743. The maximum absolute atomic E-state index is 13.1. The van der Waals surface area contributed by atoms with Crippen LogP contribution < -0.4 is 14.8 Å². The van der Waals surface area contributed by atoms with E-state index in [1.165, 1.54) is 12.1 Å². The van der Waals surface area contributed by atoms with Gasteiger partial charge in [-0.2, -0.15) is 0 Å². The second-order valence-corrected chi connectivity index (χ2v) is 6.66. The van der Waals surface area contributed by atoms with E-state index in [2.05, 4.69) is 5.32 Å². The van der Waals surface area contributed by atoms with Gasteiger partial charge in [-0.3, -0.25) is 0 Å². The Morgan fingerprint density at radius 2 is 1.81 bits per heavy atom. The van der Waals surface area contributed by atoms with Gasteiger partial charge in [0.15, 0.2) is 11.5 Å². The molecule has 0 aliphatic carbocycles. The van der Waals surface area contributed by atoms with Crippen LogP contribution in [0.5, 0.6) is 11.5 Å². The van der Waals surface area contributed by atoms with Crippen molar-refractivity contribution in [2.75, 3.05) is 26.9 Å². The number of nitrogens with one attached hydrogen (secondary N) is 1. The fourth-order valence-corrected chi connectivity index (χ4v) is 2.89. The molecule has 0 radical (unpaired) electrons. The zero-order chi connectivity index (χ0) is 19.6. The summed E-state index contributed by atoms with van der Waals surface area (Å²) in [6, 6.07) is 7.75. The molecule has 2 rings (SSSR count). The van der Waals surface area contributed by atoms with E-state index in [4.69, 9.17) is 37.4 Å². The third-order valence-electron chi connectivity index (χ3n) is 3.89. The zero-order valence-corrected chi connectivity index (χ0v) is 17.0. The summed E-state index contributed by atoms with van der Waals surface area (Å²) >= 11 is 12.4. The molecule has 0 aliphatic heterocycles. The first-order valence-electron chi connectivity index (χ1n) is 8.76. The molecule has 27 heavy (non-hydrogen) atoms. The Kier molecular flexibility index (Phi) is 9.15. The molecule has 0 saturated heterocycles. The number of benzene rings is 2. The summed E-state index contributed by atoms with van der Waals surface area (Å²) < 4.78 is 29.6. The van der Waals surface area contributed by atoms with E-state index in [0.29, 0.717) is 33.7 Å². The lowest BCUT2D eigenvalue weighted by molar-refractivity contribution is 0.144. The van der Waals surface area contributed by atoms with E-state index >= 15 is 0 Å². The van der Waals surface area contributed by atoms with E-state index in [-0.39, 0.29) is 12.4 Å². The van der Waals surface area contributed by atoms with E-state index in [0.717, 1.165) is 31.7 Å². The van der Waals surface area contributed by atoms with E-state index in [1.54, 1.807) is 19.2 Å². The molecule has 1 N–H and O–H groups in total. The maximum atomic E-state index is 13.1. The molecule has 0 aliphatic rings. The molecule has 0 aromatic heterocycles. The van der Waals surface area contributed by atoms with E-state index in [9.17, 15) is 4.39 Å². The summed E-state index contributed by atoms with van der Waals surface area (Å²) in [5, 5.41) is 4.22. The first-order chi connectivity index (χ1) is 13.0. The van der Waals surface area contributed by atoms with Gasteiger partial charge in [-0.1, -0.05) is 29.3 Å². The van der Waals surface area contributed by atoms with Crippen LogP contribution >= 0.6 is 23.2 Å². The van der Waals surface area contributed by atoms with Crippen LogP contribution in [0.15, 0.2) is 30.3 Å². The van der Waals surface area contributed by atoms with Crippen molar-refractivity contribution in [3.05, 3.63) is 57.3 Å². The molecule has 148 valence electrons. The summed E-state index contributed by atoms with van der Waals surface area (Å²) in [7, 11) is 1.57. The van der Waals surface area contributed by atoms with Gasteiger partial charge in [0.2, 0.25) is 0 Å². The summed E-state index contributed by atoms with van der Waals surface area (Å²) in [6.45, 7) is 5.08. The molecular formula is C20H24Cl2FNO3. The number of hydrogen-bond acceptors (Lipinski definition) is 4. The molecule has 0 unspecified atom stereocenters. The third-order valence-corrected chi connectivity index (χ3v) is 4.60. The highest BCUT2D eigenvalue weighted by Crippen LogP contribution is 2.34. The third kappa shape index (κ3) is 6.85. The minimum absolute atomic E-state index is 0.181. The second-order valence-electron chi connectivity index (χ2n) is 5.85. The van der Waals surface area contributed by atoms with Gasteiger partial charge in [0.1, 0.15) is 12.4 Å². The first kappa shape index (κ1) is 21.8. The fraction of sp³-hybridized carbons (Fsp3) is 0.400. The van der Waals surface area contributed by atoms with Crippen molar-refractivity contribution in [3.8, 4) is 11.5 Å². The summed E-state index contributed by atoms with van der Waals surface area (Å²) in [6.07, 6.45) is 0.933. The maximum Gasteiger partial charge on any atom is 0.163 e. The molecule has 2 aromatic carbocycles. The Hall–Kier alpha value is -1.53. The Morgan fingerprint density at radius 3 is 2.52 bits per heavy atom. The second kappa shape index (κ2) is 11.3. The molecule has 0 saturated carbocycles. The van der Waals surface area contributed by atoms with Crippen LogP contribution in [-0.2, 0) is 17.9 Å². The van der Waals surface area contributed by atoms with Gasteiger partial charge in [0.05, 0.1) is 12.1 Å². The van der Waals surface area contributed by atoms with Crippen molar-refractivity contribution in [1.82, 2.24) is 5.32 Å². The lowest BCUT2D eigenvalue weighted by Crippen LogP contribution is -2.16. The molecular weight excluding hydrogens is 392 g/mol. The molecule has 7 heteroatoms. The highest BCUT2D eigenvalue weighted by molar-refractivity contribution is 6.31. The van der Waals surface area contributed by atoms with Crippen molar-refractivity contribution in [1.29, 1.82) is 0 Å². The van der Waals surface area contributed by atoms with Crippen molar-refractivity contribution in [2.24, 2.45) is 0 Å². The SMILES string of the molecule is CCOCCCNCc1cc(OC)c(OCc2ccc(F)cc2Cl)cc1Cl. The monoisotopic (exact) mass is 415 g/mol.